The van der Waals surface area contributed by atoms with Gasteiger partial charge < -0.3 is 9.80 Å². The molecule has 25 heavy (non-hydrogen) atoms. The van der Waals surface area contributed by atoms with Crippen LogP contribution in [0.3, 0.4) is 0 Å². The summed E-state index contributed by atoms with van der Waals surface area (Å²) in [6.45, 7) is 10.3. The van der Waals surface area contributed by atoms with Crippen molar-refractivity contribution >= 4 is 11.4 Å². The third-order valence-corrected chi connectivity index (χ3v) is 5.24. The zero-order valence-corrected chi connectivity index (χ0v) is 15.9. The highest BCUT2D eigenvalue weighted by molar-refractivity contribution is 5.55. The monoisotopic (exact) mass is 337 g/mol. The summed E-state index contributed by atoms with van der Waals surface area (Å²) in [4.78, 5) is 9.08. The number of anilines is 2. The molecular formula is C22H31N3. The fourth-order valence-corrected chi connectivity index (χ4v) is 3.93. The minimum absolute atomic E-state index is 0.599. The van der Waals surface area contributed by atoms with E-state index in [1.54, 1.807) is 0 Å². The normalized spacial score (nSPS) is 16.0. The van der Waals surface area contributed by atoms with Gasteiger partial charge >= 0.3 is 0 Å². The van der Waals surface area contributed by atoms with Crippen LogP contribution < -0.4 is 9.80 Å². The number of para-hydroxylation sites is 1. The van der Waals surface area contributed by atoms with Crippen LogP contribution >= 0.6 is 0 Å². The van der Waals surface area contributed by atoms with Crippen molar-refractivity contribution in [1.82, 2.24) is 4.98 Å². The Bertz CT molecular complexity index is 680. The van der Waals surface area contributed by atoms with Crippen molar-refractivity contribution in [2.75, 3.05) is 29.4 Å². The third kappa shape index (κ3) is 4.15. The summed E-state index contributed by atoms with van der Waals surface area (Å²) < 4.78 is 0. The molecule has 134 valence electrons. The van der Waals surface area contributed by atoms with Gasteiger partial charge in [0.25, 0.3) is 0 Å². The Morgan fingerprint density at radius 3 is 2.52 bits per heavy atom. The summed E-state index contributed by atoms with van der Waals surface area (Å²) in [6, 6.07) is 11.5. The number of hydrogen-bond donors (Lipinski definition) is 0. The minimum atomic E-state index is 0.599. The molecule has 3 nitrogen and oxygen atoms in total. The van der Waals surface area contributed by atoms with Crippen LogP contribution in [0.4, 0.5) is 11.4 Å². The average Bonchev–Trinajstić information content (AvgIpc) is 2.67. The number of benzene rings is 1. The molecule has 0 radical (unpaired) electrons. The number of fused-ring (bicyclic) bond motifs is 2. The maximum Gasteiger partial charge on any atom is 0.0432 e. The Labute approximate surface area is 152 Å². The molecule has 0 aliphatic carbocycles. The summed E-state index contributed by atoms with van der Waals surface area (Å²) in [5, 5.41) is 0. The molecule has 0 N–H and O–H groups in total. The van der Waals surface area contributed by atoms with E-state index in [1.807, 2.05) is 12.4 Å². The lowest BCUT2D eigenvalue weighted by atomic mass is 10.0. The summed E-state index contributed by atoms with van der Waals surface area (Å²) in [6.07, 6.45) is 8.91. The van der Waals surface area contributed by atoms with Gasteiger partial charge in [-0.25, -0.2) is 0 Å². The molecule has 0 amide bonds. The second-order valence-electron chi connectivity index (χ2n) is 7.21. The Morgan fingerprint density at radius 2 is 1.72 bits per heavy atom. The molecule has 1 aromatic heterocycles. The van der Waals surface area contributed by atoms with Gasteiger partial charge in [0, 0.05) is 49.4 Å². The standard InChI is InChI=1S/C11H16N2.C11H15N/c1-9(2)13-7-3-4-10-8-12-6-5-11(10)13;1-2-12-9-5-7-10-6-3-4-8-11(10)12/h5-6,8-9H,3-4,7H2,1-2H3;3-4,6,8H,2,5,7,9H2,1H3. The number of pyridine rings is 1. The quantitative estimate of drug-likeness (QED) is 0.792. The predicted molar refractivity (Wildman–Crippen MR) is 108 cm³/mol. The van der Waals surface area contributed by atoms with E-state index in [9.17, 15) is 0 Å². The molecule has 0 spiro atoms. The number of rotatable bonds is 2. The van der Waals surface area contributed by atoms with Crippen LogP contribution in [0.15, 0.2) is 42.7 Å². The first-order valence-corrected chi connectivity index (χ1v) is 9.73. The van der Waals surface area contributed by atoms with E-state index >= 15 is 0 Å². The van der Waals surface area contributed by atoms with Crippen molar-refractivity contribution in [2.45, 2.75) is 52.5 Å². The van der Waals surface area contributed by atoms with Gasteiger partial charge in [0.05, 0.1) is 0 Å². The van der Waals surface area contributed by atoms with E-state index in [0.717, 1.165) is 6.54 Å². The van der Waals surface area contributed by atoms with Crippen LogP contribution in [-0.4, -0.2) is 30.7 Å². The number of hydrogen-bond acceptors (Lipinski definition) is 3. The van der Waals surface area contributed by atoms with E-state index in [-0.39, 0.29) is 0 Å². The van der Waals surface area contributed by atoms with Crippen molar-refractivity contribution in [3.63, 3.8) is 0 Å². The molecule has 3 heteroatoms. The van der Waals surface area contributed by atoms with E-state index < -0.39 is 0 Å². The molecule has 4 rings (SSSR count). The van der Waals surface area contributed by atoms with Gasteiger partial charge in [-0.2, -0.15) is 0 Å². The van der Waals surface area contributed by atoms with Gasteiger partial charge in [-0.3, -0.25) is 4.98 Å². The Kier molecular flexibility index (Phi) is 5.95. The first kappa shape index (κ1) is 17.8. The fraction of sp³-hybridized carbons (Fsp3) is 0.500. The number of aryl methyl sites for hydroxylation is 2. The second kappa shape index (κ2) is 8.37. The summed E-state index contributed by atoms with van der Waals surface area (Å²) >= 11 is 0. The van der Waals surface area contributed by atoms with Gasteiger partial charge in [-0.15, -0.1) is 0 Å². The third-order valence-electron chi connectivity index (χ3n) is 5.24. The molecule has 0 fully saturated rings. The van der Waals surface area contributed by atoms with Crippen molar-refractivity contribution in [2.24, 2.45) is 0 Å². The average molecular weight is 338 g/mol. The second-order valence-corrected chi connectivity index (χ2v) is 7.21. The van der Waals surface area contributed by atoms with E-state index in [1.165, 1.54) is 61.3 Å². The molecule has 0 saturated heterocycles. The van der Waals surface area contributed by atoms with Crippen LogP contribution in [0.1, 0.15) is 44.7 Å². The molecule has 2 aliphatic rings. The van der Waals surface area contributed by atoms with Crippen LogP contribution in [0, 0.1) is 0 Å². The van der Waals surface area contributed by atoms with Gasteiger partial charge in [0.15, 0.2) is 0 Å². The molecule has 3 heterocycles. The zero-order valence-electron chi connectivity index (χ0n) is 15.9. The van der Waals surface area contributed by atoms with Crippen molar-refractivity contribution in [1.29, 1.82) is 0 Å². The van der Waals surface area contributed by atoms with Crippen molar-refractivity contribution < 1.29 is 0 Å². The summed E-state index contributed by atoms with van der Waals surface area (Å²) in [5.74, 6) is 0. The Balaban J connectivity index is 0.000000146. The first-order chi connectivity index (χ1) is 12.2. The van der Waals surface area contributed by atoms with E-state index in [0.29, 0.717) is 6.04 Å². The SMILES string of the molecule is CC(C)N1CCCc2cnccc21.CCN1CCCc2ccccc21. The predicted octanol–water partition coefficient (Wildman–Crippen LogP) is 4.70. The van der Waals surface area contributed by atoms with E-state index in [2.05, 4.69) is 65.9 Å². The highest BCUT2D eigenvalue weighted by atomic mass is 15.2. The topological polar surface area (TPSA) is 19.4 Å². The highest BCUT2D eigenvalue weighted by Gasteiger charge is 2.18. The van der Waals surface area contributed by atoms with Crippen molar-refractivity contribution in [3.8, 4) is 0 Å². The molecule has 0 bridgehead atoms. The molecule has 2 aromatic rings. The fourth-order valence-electron chi connectivity index (χ4n) is 3.93. The summed E-state index contributed by atoms with van der Waals surface area (Å²) in [5.41, 5.74) is 5.76. The zero-order chi connectivity index (χ0) is 17.6. The molecule has 1 aromatic carbocycles. The maximum atomic E-state index is 4.17. The highest BCUT2D eigenvalue weighted by Crippen LogP contribution is 2.27. The molecule has 0 saturated carbocycles. The van der Waals surface area contributed by atoms with E-state index in [4.69, 9.17) is 0 Å². The van der Waals surface area contributed by atoms with Gasteiger partial charge in [-0.1, -0.05) is 18.2 Å². The van der Waals surface area contributed by atoms with Crippen LogP contribution in [0.25, 0.3) is 0 Å². The molecule has 0 unspecified atom stereocenters. The lowest BCUT2D eigenvalue weighted by molar-refractivity contribution is 0.624. The number of aromatic nitrogens is 1. The Morgan fingerprint density at radius 1 is 0.960 bits per heavy atom. The number of nitrogens with zero attached hydrogens (tertiary/aromatic N) is 3. The van der Waals surface area contributed by atoms with Crippen molar-refractivity contribution in [3.05, 3.63) is 53.9 Å². The Hall–Kier alpha value is -2.03. The van der Waals surface area contributed by atoms with Crippen LogP contribution in [0.2, 0.25) is 0 Å². The van der Waals surface area contributed by atoms with Gasteiger partial charge in [0.2, 0.25) is 0 Å². The lowest BCUT2D eigenvalue weighted by Crippen LogP contribution is -2.35. The van der Waals surface area contributed by atoms with Crippen LogP contribution in [-0.2, 0) is 12.8 Å². The minimum Gasteiger partial charge on any atom is -0.372 e. The largest absolute Gasteiger partial charge is 0.372 e. The van der Waals surface area contributed by atoms with Gasteiger partial charge in [-0.05, 0) is 69.7 Å². The molecule has 2 aliphatic heterocycles. The smallest absolute Gasteiger partial charge is 0.0432 e. The molecular weight excluding hydrogens is 306 g/mol. The lowest BCUT2D eigenvalue weighted by Gasteiger charge is -2.34. The van der Waals surface area contributed by atoms with Crippen LogP contribution in [0.5, 0.6) is 0 Å². The first-order valence-electron chi connectivity index (χ1n) is 9.73. The maximum absolute atomic E-state index is 4.17. The van der Waals surface area contributed by atoms with Gasteiger partial charge in [0.1, 0.15) is 0 Å². The molecule has 0 atom stereocenters. The summed E-state index contributed by atoms with van der Waals surface area (Å²) in [7, 11) is 0.